The fraction of sp³-hybridized carbons (Fsp3) is 0.300. The van der Waals surface area contributed by atoms with E-state index in [0.29, 0.717) is 24.6 Å². The molecular formula is C20H19N5O. The van der Waals surface area contributed by atoms with Gasteiger partial charge in [-0.25, -0.2) is 15.0 Å². The molecule has 6 nitrogen and oxygen atoms in total. The molecule has 1 atom stereocenters. The van der Waals surface area contributed by atoms with E-state index in [1.165, 1.54) is 0 Å². The van der Waals surface area contributed by atoms with Crippen molar-refractivity contribution in [1.82, 2.24) is 24.4 Å². The first kappa shape index (κ1) is 15.3. The highest BCUT2D eigenvalue weighted by molar-refractivity contribution is 5.94. The van der Waals surface area contributed by atoms with Crippen molar-refractivity contribution in [1.29, 1.82) is 0 Å². The summed E-state index contributed by atoms with van der Waals surface area (Å²) in [6.45, 7) is 1.18. The van der Waals surface area contributed by atoms with Gasteiger partial charge in [0.25, 0.3) is 5.91 Å². The summed E-state index contributed by atoms with van der Waals surface area (Å²) in [5, 5.41) is 0. The Kier molecular flexibility index (Phi) is 3.55. The van der Waals surface area contributed by atoms with Crippen LogP contribution in [-0.2, 0) is 13.1 Å². The topological polar surface area (TPSA) is 63.9 Å². The zero-order valence-corrected chi connectivity index (χ0v) is 14.3. The van der Waals surface area contributed by atoms with Crippen molar-refractivity contribution in [2.45, 2.75) is 37.9 Å². The van der Waals surface area contributed by atoms with E-state index in [4.69, 9.17) is 0 Å². The van der Waals surface area contributed by atoms with Gasteiger partial charge in [0.05, 0.1) is 18.2 Å². The molecule has 0 saturated heterocycles. The molecule has 2 aromatic heterocycles. The molecule has 0 bridgehead atoms. The van der Waals surface area contributed by atoms with Crippen LogP contribution in [0.1, 0.15) is 52.4 Å². The highest BCUT2D eigenvalue weighted by atomic mass is 16.2. The molecule has 0 radical (unpaired) electrons. The van der Waals surface area contributed by atoms with Crippen molar-refractivity contribution in [2.24, 2.45) is 0 Å². The molecule has 2 aliphatic rings. The smallest absolute Gasteiger partial charge is 0.257 e. The van der Waals surface area contributed by atoms with Crippen LogP contribution < -0.4 is 0 Å². The van der Waals surface area contributed by atoms with Crippen molar-refractivity contribution in [3.8, 4) is 0 Å². The number of fused-ring (bicyclic) bond motifs is 1. The van der Waals surface area contributed by atoms with Gasteiger partial charge in [-0.3, -0.25) is 4.79 Å². The molecule has 3 heterocycles. The van der Waals surface area contributed by atoms with Gasteiger partial charge in [0.1, 0.15) is 11.6 Å². The quantitative estimate of drug-likeness (QED) is 0.732. The van der Waals surface area contributed by atoms with Crippen LogP contribution in [0.25, 0.3) is 0 Å². The number of rotatable bonds is 3. The maximum absolute atomic E-state index is 13.2. The van der Waals surface area contributed by atoms with E-state index in [0.717, 1.165) is 30.1 Å². The van der Waals surface area contributed by atoms with Gasteiger partial charge in [0.2, 0.25) is 0 Å². The zero-order valence-electron chi connectivity index (χ0n) is 14.3. The number of carbonyl (C=O) groups is 1. The summed E-state index contributed by atoms with van der Waals surface area (Å²) in [4.78, 5) is 28.3. The maximum atomic E-state index is 13.2. The Morgan fingerprint density at radius 1 is 1.04 bits per heavy atom. The minimum absolute atomic E-state index is 0.0338. The summed E-state index contributed by atoms with van der Waals surface area (Å²) < 4.78 is 2.12. The van der Waals surface area contributed by atoms with E-state index in [-0.39, 0.29) is 11.9 Å². The van der Waals surface area contributed by atoms with Crippen molar-refractivity contribution in [3.05, 3.63) is 77.9 Å². The van der Waals surface area contributed by atoms with Gasteiger partial charge in [-0.1, -0.05) is 30.3 Å². The fourth-order valence-corrected chi connectivity index (χ4v) is 3.55. The summed E-state index contributed by atoms with van der Waals surface area (Å²) in [5.74, 6) is 2.20. The van der Waals surface area contributed by atoms with Gasteiger partial charge >= 0.3 is 0 Å². The van der Waals surface area contributed by atoms with Gasteiger partial charge in [0, 0.05) is 37.3 Å². The third kappa shape index (κ3) is 2.67. The van der Waals surface area contributed by atoms with E-state index in [2.05, 4.69) is 31.7 Å². The molecule has 1 aromatic carbocycles. The van der Waals surface area contributed by atoms with E-state index in [1.54, 1.807) is 18.6 Å². The van der Waals surface area contributed by atoms with Crippen LogP contribution in [0, 0.1) is 0 Å². The lowest BCUT2D eigenvalue weighted by Crippen LogP contribution is -2.41. The Labute approximate surface area is 151 Å². The van der Waals surface area contributed by atoms with Crippen molar-refractivity contribution in [3.63, 3.8) is 0 Å². The summed E-state index contributed by atoms with van der Waals surface area (Å²) in [6.07, 6.45) is 9.41. The highest BCUT2D eigenvalue weighted by Gasteiger charge is 2.33. The Bertz CT molecular complexity index is 930. The van der Waals surface area contributed by atoms with Crippen LogP contribution in [0.4, 0.5) is 0 Å². The summed E-state index contributed by atoms with van der Waals surface area (Å²) >= 11 is 0. The first-order valence-electron chi connectivity index (χ1n) is 8.97. The number of benzene rings is 1. The molecular weight excluding hydrogens is 326 g/mol. The largest absolute Gasteiger partial charge is 0.331 e. The van der Waals surface area contributed by atoms with Crippen LogP contribution in [-0.4, -0.2) is 30.3 Å². The third-order valence-corrected chi connectivity index (χ3v) is 5.17. The highest BCUT2D eigenvalue weighted by Crippen LogP contribution is 2.37. The van der Waals surface area contributed by atoms with Gasteiger partial charge in [-0.05, 0) is 18.4 Å². The second-order valence-corrected chi connectivity index (χ2v) is 6.96. The molecule has 6 heteroatoms. The van der Waals surface area contributed by atoms with E-state index >= 15 is 0 Å². The molecule has 3 aromatic rings. The molecule has 0 spiro atoms. The first-order chi connectivity index (χ1) is 12.8. The van der Waals surface area contributed by atoms with Gasteiger partial charge < -0.3 is 9.47 Å². The fourth-order valence-electron chi connectivity index (χ4n) is 3.55. The van der Waals surface area contributed by atoms with Crippen LogP contribution in [0.2, 0.25) is 0 Å². The van der Waals surface area contributed by atoms with Gasteiger partial charge in [-0.15, -0.1) is 0 Å². The first-order valence-corrected chi connectivity index (χ1v) is 8.97. The summed E-state index contributed by atoms with van der Waals surface area (Å²) in [5.41, 5.74) is 1.66. The van der Waals surface area contributed by atoms with Gasteiger partial charge in [-0.2, -0.15) is 0 Å². The SMILES string of the molecule is O=C(c1cnc(C2CC2)nc1)N1Cc2nccn2C[C@@H]1c1ccccc1. The maximum Gasteiger partial charge on any atom is 0.257 e. The van der Waals surface area contributed by atoms with Gasteiger partial charge in [0.15, 0.2) is 0 Å². The predicted octanol–water partition coefficient (Wildman–Crippen LogP) is 2.95. The molecule has 1 amide bonds. The normalized spacial score (nSPS) is 19.2. The van der Waals surface area contributed by atoms with E-state index < -0.39 is 0 Å². The number of amides is 1. The molecule has 5 rings (SSSR count). The lowest BCUT2D eigenvalue weighted by molar-refractivity contribution is 0.0583. The number of nitrogens with zero attached hydrogens (tertiary/aromatic N) is 5. The number of hydrogen-bond donors (Lipinski definition) is 0. The summed E-state index contributed by atoms with van der Waals surface area (Å²) in [7, 11) is 0. The third-order valence-electron chi connectivity index (χ3n) is 5.17. The number of imidazole rings is 1. The predicted molar refractivity (Wildman–Crippen MR) is 95.3 cm³/mol. The molecule has 0 N–H and O–H groups in total. The van der Waals surface area contributed by atoms with Crippen LogP contribution in [0.3, 0.4) is 0 Å². The molecule has 1 saturated carbocycles. The second kappa shape index (κ2) is 6.05. The Morgan fingerprint density at radius 2 is 1.81 bits per heavy atom. The number of carbonyl (C=O) groups excluding carboxylic acids is 1. The second-order valence-electron chi connectivity index (χ2n) is 6.96. The van der Waals surface area contributed by atoms with Crippen LogP contribution in [0.5, 0.6) is 0 Å². The van der Waals surface area contributed by atoms with Crippen molar-refractivity contribution in [2.75, 3.05) is 0 Å². The van der Waals surface area contributed by atoms with Crippen molar-refractivity contribution < 1.29 is 4.79 Å². The standard InChI is InChI=1S/C20H19N5O/c26-20(16-10-22-19(23-11-16)15-6-7-15)25-13-18-21-8-9-24(18)12-17(25)14-4-2-1-3-5-14/h1-5,8-11,15,17H,6-7,12-13H2/t17-/m1/s1. The molecule has 0 unspecified atom stereocenters. The molecule has 1 aliphatic heterocycles. The molecule has 1 fully saturated rings. The van der Waals surface area contributed by atoms with Crippen molar-refractivity contribution >= 4 is 5.91 Å². The Balaban J connectivity index is 1.48. The van der Waals surface area contributed by atoms with Crippen LogP contribution >= 0.6 is 0 Å². The minimum atomic E-state index is -0.0459. The van der Waals surface area contributed by atoms with Crippen LogP contribution in [0.15, 0.2) is 55.1 Å². The lowest BCUT2D eigenvalue weighted by Gasteiger charge is -2.36. The Morgan fingerprint density at radius 3 is 2.54 bits per heavy atom. The van der Waals surface area contributed by atoms with E-state index in [9.17, 15) is 4.79 Å². The number of hydrogen-bond acceptors (Lipinski definition) is 4. The minimum Gasteiger partial charge on any atom is -0.331 e. The molecule has 1 aliphatic carbocycles. The number of aromatic nitrogens is 4. The monoisotopic (exact) mass is 345 g/mol. The average Bonchev–Trinajstić information content (AvgIpc) is 3.45. The molecule has 130 valence electrons. The summed E-state index contributed by atoms with van der Waals surface area (Å²) in [6, 6.07) is 10.1. The zero-order chi connectivity index (χ0) is 17.5. The Hall–Kier alpha value is -3.02. The average molecular weight is 345 g/mol. The lowest BCUT2D eigenvalue weighted by atomic mass is 10.0. The van der Waals surface area contributed by atoms with E-state index in [1.807, 2.05) is 29.3 Å². The molecule has 26 heavy (non-hydrogen) atoms.